The van der Waals surface area contributed by atoms with Gasteiger partial charge in [0.1, 0.15) is 0 Å². The third kappa shape index (κ3) is 2.88. The monoisotopic (exact) mass is 328 g/mol. The van der Waals surface area contributed by atoms with E-state index < -0.39 is 0 Å². The van der Waals surface area contributed by atoms with E-state index in [0.29, 0.717) is 5.75 Å². The molecule has 0 bridgehead atoms. The summed E-state index contributed by atoms with van der Waals surface area (Å²) in [5, 5.41) is 4.28. The normalized spacial score (nSPS) is 18.6. The van der Waals surface area contributed by atoms with Gasteiger partial charge in [-0.1, -0.05) is 6.92 Å². The molecule has 2 aromatic rings. The minimum absolute atomic E-state index is 0.149. The Morgan fingerprint density at radius 1 is 1.21 bits per heavy atom. The second kappa shape index (κ2) is 6.67. The van der Waals surface area contributed by atoms with Crippen molar-refractivity contribution in [1.82, 2.24) is 10.3 Å². The molecule has 0 spiro atoms. The molecule has 3 nitrogen and oxygen atoms in total. The van der Waals surface area contributed by atoms with Gasteiger partial charge in [-0.3, -0.25) is 4.98 Å². The Balaban J connectivity index is 1.87. The molecule has 1 N–H and O–H groups in total. The topological polar surface area (TPSA) is 34.1 Å². The summed E-state index contributed by atoms with van der Waals surface area (Å²) in [5.74, 6) is 0.182. The van der Waals surface area contributed by atoms with Crippen molar-refractivity contribution in [1.29, 1.82) is 0 Å². The van der Waals surface area contributed by atoms with Crippen molar-refractivity contribution in [2.45, 2.75) is 58.0 Å². The van der Waals surface area contributed by atoms with Gasteiger partial charge in [-0.25, -0.2) is 4.39 Å². The highest BCUT2D eigenvalue weighted by Crippen LogP contribution is 2.35. The third-order valence-corrected chi connectivity index (χ3v) is 5.34. The van der Waals surface area contributed by atoms with E-state index >= 15 is 0 Å². The summed E-state index contributed by atoms with van der Waals surface area (Å²) in [7, 11) is 0. The highest BCUT2D eigenvalue weighted by Gasteiger charge is 2.22. The summed E-state index contributed by atoms with van der Waals surface area (Å²) < 4.78 is 20.9. The van der Waals surface area contributed by atoms with Gasteiger partial charge in [-0.05, 0) is 68.3 Å². The second-order valence-corrected chi connectivity index (χ2v) is 6.96. The van der Waals surface area contributed by atoms with Crippen molar-refractivity contribution < 1.29 is 9.13 Å². The van der Waals surface area contributed by atoms with E-state index in [9.17, 15) is 4.39 Å². The average Bonchev–Trinajstić information content (AvgIpc) is 3.00. The number of aromatic nitrogens is 1. The summed E-state index contributed by atoms with van der Waals surface area (Å²) in [4.78, 5) is 4.94. The molecule has 1 aliphatic carbocycles. The Bertz CT molecular complexity index is 753. The van der Waals surface area contributed by atoms with E-state index in [1.54, 1.807) is 6.07 Å². The quantitative estimate of drug-likeness (QED) is 0.926. The van der Waals surface area contributed by atoms with Crippen molar-refractivity contribution in [3.05, 3.63) is 34.8 Å². The molecular weight excluding hydrogens is 303 g/mol. The summed E-state index contributed by atoms with van der Waals surface area (Å²) in [5.41, 5.74) is 4.28. The molecule has 4 rings (SSSR count). The van der Waals surface area contributed by atoms with Crippen LogP contribution in [-0.4, -0.2) is 24.2 Å². The first-order valence-corrected chi connectivity index (χ1v) is 9.27. The first-order valence-electron chi connectivity index (χ1n) is 9.27. The molecule has 1 fully saturated rings. The van der Waals surface area contributed by atoms with Crippen LogP contribution in [0.15, 0.2) is 12.1 Å². The molecule has 0 unspecified atom stereocenters. The van der Waals surface area contributed by atoms with Crippen molar-refractivity contribution in [3.8, 4) is 5.75 Å². The number of nitrogens with zero attached hydrogens (tertiary/aromatic N) is 1. The summed E-state index contributed by atoms with van der Waals surface area (Å²) in [6.07, 6.45) is 7.21. The maximum Gasteiger partial charge on any atom is 0.166 e. The number of hydrogen-bond donors (Lipinski definition) is 1. The van der Waals surface area contributed by atoms with Crippen LogP contribution in [0.4, 0.5) is 4.39 Å². The summed E-state index contributed by atoms with van der Waals surface area (Å²) in [6.45, 7) is 3.97. The lowest BCUT2D eigenvalue weighted by atomic mass is 10.0. The molecule has 1 saturated carbocycles. The molecule has 2 heterocycles. The molecule has 0 radical (unpaired) electrons. The van der Waals surface area contributed by atoms with Crippen molar-refractivity contribution in [2.24, 2.45) is 0 Å². The van der Waals surface area contributed by atoms with E-state index in [4.69, 9.17) is 9.72 Å². The van der Waals surface area contributed by atoms with Crippen LogP contribution in [0.1, 0.15) is 49.4 Å². The third-order valence-electron chi connectivity index (χ3n) is 5.34. The zero-order valence-corrected chi connectivity index (χ0v) is 14.3. The van der Waals surface area contributed by atoms with Crippen molar-refractivity contribution >= 4 is 10.9 Å². The van der Waals surface area contributed by atoms with Crippen molar-refractivity contribution in [2.75, 3.05) is 13.1 Å². The standard InChI is InChI=1S/C20H25FN2O/c1-2-13-12-17(21)20(24-15-5-3-4-6-15)16-11-14-7-9-22-10-8-18(14)23-19(13)16/h11-12,15,22H,2-10H2,1H3. The van der Waals surface area contributed by atoms with Crippen molar-refractivity contribution in [3.63, 3.8) is 0 Å². The maximum absolute atomic E-state index is 14.8. The fourth-order valence-electron chi connectivity index (χ4n) is 3.98. The zero-order valence-electron chi connectivity index (χ0n) is 14.3. The summed E-state index contributed by atoms with van der Waals surface area (Å²) in [6, 6.07) is 3.76. The minimum Gasteiger partial charge on any atom is -0.487 e. The van der Waals surface area contributed by atoms with Gasteiger partial charge in [-0.15, -0.1) is 0 Å². The number of fused-ring (bicyclic) bond motifs is 2. The SMILES string of the molecule is CCc1cc(F)c(OC2CCCC2)c2cc3c(nc12)CCNCC3. The number of halogens is 1. The van der Waals surface area contributed by atoms with Gasteiger partial charge in [0.2, 0.25) is 0 Å². The largest absolute Gasteiger partial charge is 0.487 e. The number of benzene rings is 1. The van der Waals surface area contributed by atoms with Gasteiger partial charge in [0.05, 0.1) is 11.6 Å². The van der Waals surface area contributed by atoms with Crippen LogP contribution in [0.3, 0.4) is 0 Å². The van der Waals surface area contributed by atoms with E-state index in [-0.39, 0.29) is 11.9 Å². The Morgan fingerprint density at radius 2 is 2.00 bits per heavy atom. The average molecular weight is 328 g/mol. The van der Waals surface area contributed by atoms with Gasteiger partial charge in [0.25, 0.3) is 0 Å². The van der Waals surface area contributed by atoms with Gasteiger partial charge in [0.15, 0.2) is 11.6 Å². The van der Waals surface area contributed by atoms with Crippen LogP contribution in [0.5, 0.6) is 5.75 Å². The molecule has 0 atom stereocenters. The molecule has 24 heavy (non-hydrogen) atoms. The lowest BCUT2D eigenvalue weighted by Gasteiger charge is -2.18. The predicted molar refractivity (Wildman–Crippen MR) is 94.2 cm³/mol. The van der Waals surface area contributed by atoms with Gasteiger partial charge >= 0.3 is 0 Å². The van der Waals surface area contributed by atoms with Crippen LogP contribution in [0, 0.1) is 5.82 Å². The van der Waals surface area contributed by atoms with E-state index in [1.807, 2.05) is 0 Å². The number of nitrogens with one attached hydrogen (secondary N) is 1. The van der Waals surface area contributed by atoms with Gasteiger partial charge < -0.3 is 10.1 Å². The first kappa shape index (κ1) is 15.8. The number of rotatable bonds is 3. The van der Waals surface area contributed by atoms with Crippen LogP contribution >= 0.6 is 0 Å². The lowest BCUT2D eigenvalue weighted by Crippen LogP contribution is -2.16. The molecule has 0 amide bonds. The lowest BCUT2D eigenvalue weighted by molar-refractivity contribution is 0.203. The number of hydrogen-bond acceptors (Lipinski definition) is 3. The van der Waals surface area contributed by atoms with E-state index in [1.165, 1.54) is 18.4 Å². The highest BCUT2D eigenvalue weighted by atomic mass is 19.1. The molecule has 0 saturated heterocycles. The fraction of sp³-hybridized carbons (Fsp3) is 0.550. The van der Waals surface area contributed by atoms with E-state index in [0.717, 1.165) is 67.4 Å². The number of ether oxygens (including phenoxy) is 1. The zero-order chi connectivity index (χ0) is 16.5. The molecule has 1 aliphatic heterocycles. The van der Waals surface area contributed by atoms with E-state index in [2.05, 4.69) is 18.3 Å². The maximum atomic E-state index is 14.8. The number of aryl methyl sites for hydroxylation is 1. The Hall–Kier alpha value is -1.68. The van der Waals surface area contributed by atoms with Gasteiger partial charge in [-0.2, -0.15) is 0 Å². The molecule has 2 aliphatic rings. The summed E-state index contributed by atoms with van der Waals surface area (Å²) >= 11 is 0. The Labute approximate surface area is 142 Å². The fourth-order valence-corrected chi connectivity index (χ4v) is 3.98. The highest BCUT2D eigenvalue weighted by molar-refractivity contribution is 5.89. The second-order valence-electron chi connectivity index (χ2n) is 6.96. The first-order chi connectivity index (χ1) is 11.8. The van der Waals surface area contributed by atoms with Crippen LogP contribution in [0.25, 0.3) is 10.9 Å². The van der Waals surface area contributed by atoms with Crippen LogP contribution < -0.4 is 10.1 Å². The molecule has 128 valence electrons. The molecular formula is C20H25FN2O. The smallest absolute Gasteiger partial charge is 0.166 e. The Kier molecular flexibility index (Phi) is 4.40. The molecule has 4 heteroatoms. The van der Waals surface area contributed by atoms with Crippen LogP contribution in [-0.2, 0) is 19.3 Å². The predicted octanol–water partition coefficient (Wildman–Crippen LogP) is 3.95. The number of pyridine rings is 1. The van der Waals surface area contributed by atoms with Gasteiger partial charge in [0, 0.05) is 24.0 Å². The minimum atomic E-state index is -0.236. The molecule has 1 aromatic heterocycles. The molecule has 1 aromatic carbocycles. The Morgan fingerprint density at radius 3 is 2.79 bits per heavy atom. The van der Waals surface area contributed by atoms with Crippen LogP contribution in [0.2, 0.25) is 0 Å².